The average Bonchev–Trinajstić information content (AvgIpc) is 2.59. The molecule has 1 N–H and O–H groups in total. The molecule has 0 aliphatic carbocycles. The molecule has 1 aliphatic rings. The van der Waals surface area contributed by atoms with Gasteiger partial charge in [0.05, 0.1) is 18.0 Å². The van der Waals surface area contributed by atoms with Crippen molar-refractivity contribution in [2.45, 2.75) is 6.54 Å². The lowest BCUT2D eigenvalue weighted by Gasteiger charge is -2.23. The van der Waals surface area contributed by atoms with Crippen LogP contribution in [0.1, 0.15) is 5.56 Å². The maximum Gasteiger partial charge on any atom is 0.237 e. The van der Waals surface area contributed by atoms with Gasteiger partial charge in [-0.15, -0.1) is 12.4 Å². The molecular formula is C12H19ClN2O3S. The van der Waals surface area contributed by atoms with Gasteiger partial charge in [0.15, 0.2) is 0 Å². The minimum Gasteiger partial charge on any atom is -0.384 e. The van der Waals surface area contributed by atoms with Gasteiger partial charge in [-0.05, 0) is 11.6 Å². The molecule has 0 bridgehead atoms. The number of nitrogens with one attached hydrogen (secondary N) is 1. The van der Waals surface area contributed by atoms with Gasteiger partial charge in [-0.2, -0.15) is 0 Å². The molecule has 0 radical (unpaired) electrons. The molecule has 0 saturated carbocycles. The van der Waals surface area contributed by atoms with Crippen LogP contribution in [-0.4, -0.2) is 41.0 Å². The van der Waals surface area contributed by atoms with Crippen LogP contribution in [0.25, 0.3) is 0 Å². The van der Waals surface area contributed by atoms with Crippen molar-refractivity contribution in [3.63, 3.8) is 0 Å². The molecular weight excluding hydrogens is 288 g/mol. The fraction of sp³-hybridized carbons (Fsp3) is 0.500. The quantitative estimate of drug-likeness (QED) is 0.901. The lowest BCUT2D eigenvalue weighted by atomic mass is 10.2. The highest BCUT2D eigenvalue weighted by atomic mass is 35.5. The van der Waals surface area contributed by atoms with Crippen LogP contribution in [-0.2, 0) is 21.3 Å². The monoisotopic (exact) mass is 306 g/mol. The number of para-hydroxylation sites is 1. The van der Waals surface area contributed by atoms with E-state index in [1.807, 2.05) is 24.3 Å². The number of sulfonamides is 1. The zero-order chi connectivity index (χ0) is 13.0. The molecule has 1 aromatic rings. The molecule has 2 rings (SSSR count). The summed E-state index contributed by atoms with van der Waals surface area (Å²) in [6, 6.07) is 7.59. The van der Waals surface area contributed by atoms with Gasteiger partial charge >= 0.3 is 0 Å². The maximum atomic E-state index is 12.3. The molecule has 0 atom stereocenters. The van der Waals surface area contributed by atoms with Crippen molar-refractivity contribution in [1.29, 1.82) is 0 Å². The molecule has 1 aromatic carbocycles. The third-order valence-corrected chi connectivity index (χ3v) is 4.68. The maximum absolute atomic E-state index is 12.3. The van der Waals surface area contributed by atoms with Crippen molar-refractivity contribution in [2.24, 2.45) is 0 Å². The highest BCUT2D eigenvalue weighted by Crippen LogP contribution is 2.24. The minimum absolute atomic E-state index is 0. The van der Waals surface area contributed by atoms with E-state index < -0.39 is 10.0 Å². The number of methoxy groups -OCH3 is 1. The Kier molecular flexibility index (Phi) is 6.06. The number of ether oxygens (including phenoxy) is 1. The standard InChI is InChI=1S/C12H18N2O3S.ClH/c1-17-8-9-18(15,16)14-7-6-13-10-11-4-2-3-5-12(11)14;/h2-5,13H,6-10H2,1H3;1H. The number of fused-ring (bicyclic) bond motifs is 1. The van der Waals surface area contributed by atoms with E-state index in [2.05, 4.69) is 5.32 Å². The van der Waals surface area contributed by atoms with Gasteiger partial charge in [-0.3, -0.25) is 4.31 Å². The fourth-order valence-electron chi connectivity index (χ4n) is 2.02. The number of hydrogen-bond acceptors (Lipinski definition) is 4. The third kappa shape index (κ3) is 3.82. The molecule has 0 fully saturated rings. The first-order valence-electron chi connectivity index (χ1n) is 5.93. The van der Waals surface area contributed by atoms with E-state index in [1.165, 1.54) is 11.4 Å². The number of hydrogen-bond donors (Lipinski definition) is 1. The summed E-state index contributed by atoms with van der Waals surface area (Å²) in [5.41, 5.74) is 1.79. The van der Waals surface area contributed by atoms with Crippen LogP contribution in [0.3, 0.4) is 0 Å². The van der Waals surface area contributed by atoms with Crippen LogP contribution < -0.4 is 9.62 Å². The van der Waals surface area contributed by atoms with Gasteiger partial charge in [0.25, 0.3) is 0 Å². The van der Waals surface area contributed by atoms with Gasteiger partial charge in [0.1, 0.15) is 0 Å². The Morgan fingerprint density at radius 3 is 2.84 bits per heavy atom. The van der Waals surface area contributed by atoms with Crippen LogP contribution >= 0.6 is 12.4 Å². The van der Waals surface area contributed by atoms with Crippen LogP contribution in [0, 0.1) is 0 Å². The summed E-state index contributed by atoms with van der Waals surface area (Å²) in [4.78, 5) is 0. The average molecular weight is 307 g/mol. The minimum atomic E-state index is -3.31. The van der Waals surface area contributed by atoms with Gasteiger partial charge in [-0.1, -0.05) is 18.2 Å². The van der Waals surface area contributed by atoms with E-state index >= 15 is 0 Å². The summed E-state index contributed by atoms with van der Waals surface area (Å²) < 4.78 is 30.9. The fourth-order valence-corrected chi connectivity index (χ4v) is 3.46. The first-order chi connectivity index (χ1) is 8.65. The molecule has 0 amide bonds. The summed E-state index contributed by atoms with van der Waals surface area (Å²) in [5.74, 6) is 0.0117. The van der Waals surface area contributed by atoms with Crippen LogP contribution in [0.15, 0.2) is 24.3 Å². The number of nitrogens with zero attached hydrogens (tertiary/aromatic N) is 1. The second-order valence-corrected chi connectivity index (χ2v) is 6.20. The van der Waals surface area contributed by atoms with Gasteiger partial charge in [-0.25, -0.2) is 8.42 Å². The highest BCUT2D eigenvalue weighted by molar-refractivity contribution is 7.92. The SMILES string of the molecule is COCCS(=O)(=O)N1CCNCc2ccccc21.Cl. The number of rotatable bonds is 4. The zero-order valence-electron chi connectivity index (χ0n) is 10.8. The first-order valence-corrected chi connectivity index (χ1v) is 7.54. The highest BCUT2D eigenvalue weighted by Gasteiger charge is 2.25. The van der Waals surface area contributed by atoms with Gasteiger partial charge < -0.3 is 10.1 Å². The van der Waals surface area contributed by atoms with E-state index in [0.29, 0.717) is 19.6 Å². The van der Waals surface area contributed by atoms with Gasteiger partial charge in [0.2, 0.25) is 10.0 Å². The lowest BCUT2D eigenvalue weighted by Crippen LogP contribution is -2.37. The molecule has 0 spiro atoms. The number of benzene rings is 1. The summed E-state index contributed by atoms with van der Waals surface area (Å²) in [7, 11) is -1.81. The third-order valence-electron chi connectivity index (χ3n) is 2.95. The smallest absolute Gasteiger partial charge is 0.237 e. The lowest BCUT2D eigenvalue weighted by molar-refractivity contribution is 0.217. The summed E-state index contributed by atoms with van der Waals surface area (Å²) in [6.07, 6.45) is 0. The van der Waals surface area contributed by atoms with Crippen molar-refractivity contribution in [1.82, 2.24) is 5.32 Å². The van der Waals surface area contributed by atoms with Crippen LogP contribution in [0.2, 0.25) is 0 Å². The zero-order valence-corrected chi connectivity index (χ0v) is 12.5. The van der Waals surface area contributed by atoms with E-state index in [-0.39, 0.29) is 24.8 Å². The van der Waals surface area contributed by atoms with Crippen molar-refractivity contribution < 1.29 is 13.2 Å². The normalized spacial score (nSPS) is 15.3. The molecule has 7 heteroatoms. The Hall–Kier alpha value is -0.820. The molecule has 19 heavy (non-hydrogen) atoms. The largest absolute Gasteiger partial charge is 0.384 e. The predicted molar refractivity (Wildman–Crippen MR) is 78.4 cm³/mol. The Balaban J connectivity index is 0.00000180. The van der Waals surface area contributed by atoms with E-state index in [4.69, 9.17) is 4.74 Å². The Bertz CT molecular complexity index is 507. The van der Waals surface area contributed by atoms with Crippen molar-refractivity contribution in [3.8, 4) is 0 Å². The molecule has 0 saturated heterocycles. The van der Waals surface area contributed by atoms with Crippen molar-refractivity contribution >= 4 is 28.1 Å². The van der Waals surface area contributed by atoms with Crippen LogP contribution in [0.5, 0.6) is 0 Å². The molecule has 0 aromatic heterocycles. The van der Waals surface area contributed by atoms with Gasteiger partial charge in [0, 0.05) is 26.7 Å². The molecule has 1 heterocycles. The summed E-state index contributed by atoms with van der Waals surface area (Å²) in [6.45, 7) is 2.03. The first kappa shape index (κ1) is 16.2. The summed E-state index contributed by atoms with van der Waals surface area (Å²) >= 11 is 0. The predicted octanol–water partition coefficient (Wildman–Crippen LogP) is 0.994. The Morgan fingerprint density at radius 2 is 2.11 bits per heavy atom. The summed E-state index contributed by atoms with van der Waals surface area (Å²) in [5, 5.41) is 3.22. The second kappa shape index (κ2) is 7.09. The van der Waals surface area contributed by atoms with E-state index in [9.17, 15) is 8.42 Å². The molecule has 1 aliphatic heterocycles. The molecule has 5 nitrogen and oxygen atoms in total. The number of anilines is 1. The van der Waals surface area contributed by atoms with Crippen molar-refractivity contribution in [3.05, 3.63) is 29.8 Å². The molecule has 0 unspecified atom stereocenters. The van der Waals surface area contributed by atoms with Crippen molar-refractivity contribution in [2.75, 3.05) is 36.9 Å². The second-order valence-electron chi connectivity index (χ2n) is 4.19. The van der Waals surface area contributed by atoms with E-state index in [0.717, 1.165) is 11.3 Å². The van der Waals surface area contributed by atoms with E-state index in [1.54, 1.807) is 0 Å². The Morgan fingerprint density at radius 1 is 1.37 bits per heavy atom. The van der Waals surface area contributed by atoms with Crippen LogP contribution in [0.4, 0.5) is 5.69 Å². The Labute approximate surface area is 120 Å². The number of halogens is 1. The molecule has 108 valence electrons. The topological polar surface area (TPSA) is 58.6 Å².